The molecule has 3 nitrogen and oxygen atoms in total. The van der Waals surface area contributed by atoms with Crippen molar-refractivity contribution in [2.45, 2.75) is 45.1 Å². The summed E-state index contributed by atoms with van der Waals surface area (Å²) in [6, 6.07) is 0.474. The van der Waals surface area contributed by atoms with E-state index < -0.39 is 0 Å². The van der Waals surface area contributed by atoms with Crippen LogP contribution in [0.5, 0.6) is 0 Å². The van der Waals surface area contributed by atoms with Crippen LogP contribution in [0.1, 0.15) is 39.0 Å². The summed E-state index contributed by atoms with van der Waals surface area (Å²) in [6.07, 6.45) is 4.92. The topological polar surface area (TPSA) is 55.1 Å². The van der Waals surface area contributed by atoms with Crippen molar-refractivity contribution < 1.29 is 4.79 Å². The zero-order valence-electron chi connectivity index (χ0n) is 8.38. The zero-order valence-corrected chi connectivity index (χ0v) is 8.38. The Morgan fingerprint density at radius 2 is 2.15 bits per heavy atom. The van der Waals surface area contributed by atoms with Crippen molar-refractivity contribution in [3.63, 3.8) is 0 Å². The molecule has 1 amide bonds. The molecule has 3 N–H and O–H groups in total. The summed E-state index contributed by atoms with van der Waals surface area (Å²) in [5.41, 5.74) is 5.35. The lowest BCUT2D eigenvalue weighted by Gasteiger charge is -2.02. The minimum atomic E-state index is 0.214. The van der Waals surface area contributed by atoms with Crippen molar-refractivity contribution in [3.8, 4) is 0 Å². The summed E-state index contributed by atoms with van der Waals surface area (Å²) in [5.74, 6) is 0.916. The van der Waals surface area contributed by atoms with Gasteiger partial charge in [-0.3, -0.25) is 4.79 Å². The fourth-order valence-electron chi connectivity index (χ4n) is 1.41. The van der Waals surface area contributed by atoms with E-state index in [-0.39, 0.29) is 5.91 Å². The second-order valence-corrected chi connectivity index (χ2v) is 3.99. The molecule has 13 heavy (non-hydrogen) atoms. The van der Waals surface area contributed by atoms with Crippen LogP contribution in [0, 0.1) is 5.92 Å². The SMILES string of the molecule is CC1CC1NC(=O)CCCCCN. The number of nitrogens with two attached hydrogens (primary N) is 1. The normalized spacial score (nSPS) is 25.7. The van der Waals surface area contributed by atoms with Crippen LogP contribution in [0.2, 0.25) is 0 Å². The molecule has 0 aromatic carbocycles. The maximum Gasteiger partial charge on any atom is 0.220 e. The van der Waals surface area contributed by atoms with Gasteiger partial charge in [0.15, 0.2) is 0 Å². The Morgan fingerprint density at radius 3 is 2.69 bits per heavy atom. The number of amides is 1. The number of unbranched alkanes of at least 4 members (excludes halogenated alkanes) is 2. The third-order valence-electron chi connectivity index (χ3n) is 2.56. The van der Waals surface area contributed by atoms with E-state index in [9.17, 15) is 4.79 Å². The highest BCUT2D eigenvalue weighted by molar-refractivity contribution is 5.76. The number of carbonyl (C=O) groups is 1. The van der Waals surface area contributed by atoms with Crippen LogP contribution < -0.4 is 11.1 Å². The number of hydrogen-bond donors (Lipinski definition) is 2. The van der Waals surface area contributed by atoms with Gasteiger partial charge >= 0.3 is 0 Å². The van der Waals surface area contributed by atoms with E-state index in [1.807, 2.05) is 0 Å². The summed E-state index contributed by atoms with van der Waals surface area (Å²) < 4.78 is 0. The lowest BCUT2D eigenvalue weighted by molar-refractivity contribution is -0.121. The molecule has 0 bridgehead atoms. The molecule has 0 spiro atoms. The van der Waals surface area contributed by atoms with Crippen LogP contribution in [0.3, 0.4) is 0 Å². The van der Waals surface area contributed by atoms with Gasteiger partial charge in [0.1, 0.15) is 0 Å². The fourth-order valence-corrected chi connectivity index (χ4v) is 1.41. The van der Waals surface area contributed by atoms with Crippen molar-refractivity contribution in [3.05, 3.63) is 0 Å². The summed E-state index contributed by atoms with van der Waals surface area (Å²) in [7, 11) is 0. The second-order valence-electron chi connectivity index (χ2n) is 3.99. The molecule has 0 heterocycles. The Bertz CT molecular complexity index is 170. The predicted octanol–water partition coefficient (Wildman–Crippen LogP) is 1.03. The number of rotatable bonds is 6. The molecule has 0 aliphatic heterocycles. The van der Waals surface area contributed by atoms with Crippen LogP contribution in [0.25, 0.3) is 0 Å². The van der Waals surface area contributed by atoms with Crippen LogP contribution in [-0.4, -0.2) is 18.5 Å². The van der Waals surface area contributed by atoms with Gasteiger partial charge in [0, 0.05) is 12.5 Å². The molecule has 1 rings (SSSR count). The molecule has 1 aliphatic carbocycles. The first-order valence-electron chi connectivity index (χ1n) is 5.23. The van der Waals surface area contributed by atoms with Gasteiger partial charge in [-0.1, -0.05) is 13.3 Å². The maximum atomic E-state index is 11.3. The smallest absolute Gasteiger partial charge is 0.220 e. The minimum Gasteiger partial charge on any atom is -0.353 e. The molecule has 3 heteroatoms. The largest absolute Gasteiger partial charge is 0.353 e. The summed E-state index contributed by atoms with van der Waals surface area (Å²) in [6.45, 7) is 2.90. The van der Waals surface area contributed by atoms with Gasteiger partial charge in [-0.05, 0) is 31.7 Å². The minimum absolute atomic E-state index is 0.214. The first-order valence-corrected chi connectivity index (χ1v) is 5.23. The van der Waals surface area contributed by atoms with Gasteiger partial charge in [0.05, 0.1) is 0 Å². The first-order chi connectivity index (χ1) is 6.24. The van der Waals surface area contributed by atoms with Crippen molar-refractivity contribution in [1.29, 1.82) is 0 Å². The van der Waals surface area contributed by atoms with Crippen LogP contribution in [-0.2, 0) is 4.79 Å². The quantitative estimate of drug-likeness (QED) is 0.606. The van der Waals surface area contributed by atoms with Gasteiger partial charge in [-0.2, -0.15) is 0 Å². The van der Waals surface area contributed by atoms with Crippen LogP contribution >= 0.6 is 0 Å². The van der Waals surface area contributed by atoms with Gasteiger partial charge in [0.2, 0.25) is 5.91 Å². The number of nitrogens with one attached hydrogen (secondary N) is 1. The van der Waals surface area contributed by atoms with Crippen LogP contribution in [0.4, 0.5) is 0 Å². The molecular formula is C10H20N2O. The van der Waals surface area contributed by atoms with Crippen molar-refractivity contribution >= 4 is 5.91 Å². The monoisotopic (exact) mass is 184 g/mol. The number of carbonyl (C=O) groups excluding carboxylic acids is 1. The average Bonchev–Trinajstić information content (AvgIpc) is 2.76. The van der Waals surface area contributed by atoms with E-state index in [4.69, 9.17) is 5.73 Å². The van der Waals surface area contributed by atoms with Gasteiger partial charge < -0.3 is 11.1 Å². The predicted molar refractivity (Wildman–Crippen MR) is 53.2 cm³/mol. The van der Waals surface area contributed by atoms with Crippen molar-refractivity contribution in [1.82, 2.24) is 5.32 Å². The summed E-state index contributed by atoms with van der Waals surface area (Å²) >= 11 is 0. The highest BCUT2D eigenvalue weighted by Gasteiger charge is 2.33. The van der Waals surface area contributed by atoms with E-state index in [1.165, 1.54) is 0 Å². The van der Waals surface area contributed by atoms with E-state index in [2.05, 4.69) is 12.2 Å². The van der Waals surface area contributed by atoms with Crippen molar-refractivity contribution in [2.75, 3.05) is 6.54 Å². The van der Waals surface area contributed by atoms with E-state index >= 15 is 0 Å². The molecule has 1 aliphatic rings. The Kier molecular flexibility index (Phi) is 4.22. The molecule has 0 aromatic rings. The number of hydrogen-bond acceptors (Lipinski definition) is 2. The standard InChI is InChI=1S/C10H20N2O/c1-8-7-9(8)12-10(13)5-3-2-4-6-11/h8-9H,2-7,11H2,1H3,(H,12,13). The summed E-state index contributed by atoms with van der Waals surface area (Å²) in [5, 5.41) is 3.01. The van der Waals surface area contributed by atoms with Crippen LogP contribution in [0.15, 0.2) is 0 Å². The maximum absolute atomic E-state index is 11.3. The molecule has 0 aromatic heterocycles. The third-order valence-corrected chi connectivity index (χ3v) is 2.56. The second kappa shape index (κ2) is 5.22. The highest BCUT2D eigenvalue weighted by atomic mass is 16.1. The van der Waals surface area contributed by atoms with Gasteiger partial charge in [0.25, 0.3) is 0 Å². The molecular weight excluding hydrogens is 164 g/mol. The highest BCUT2D eigenvalue weighted by Crippen LogP contribution is 2.28. The molecule has 0 radical (unpaired) electrons. The van der Waals surface area contributed by atoms with Gasteiger partial charge in [-0.25, -0.2) is 0 Å². The third kappa shape index (κ3) is 4.27. The average molecular weight is 184 g/mol. The Hall–Kier alpha value is -0.570. The first kappa shape index (κ1) is 10.5. The molecule has 76 valence electrons. The molecule has 2 unspecified atom stereocenters. The molecule has 1 fully saturated rings. The molecule has 1 saturated carbocycles. The van der Waals surface area contributed by atoms with E-state index in [1.54, 1.807) is 0 Å². The molecule has 2 atom stereocenters. The Morgan fingerprint density at radius 1 is 1.46 bits per heavy atom. The lowest BCUT2D eigenvalue weighted by atomic mass is 10.2. The summed E-state index contributed by atoms with van der Waals surface area (Å²) in [4.78, 5) is 11.3. The Labute approximate surface area is 80.1 Å². The Balaban J connectivity index is 1.92. The lowest BCUT2D eigenvalue weighted by Crippen LogP contribution is -2.26. The van der Waals surface area contributed by atoms with E-state index in [0.29, 0.717) is 18.4 Å². The molecule has 0 saturated heterocycles. The van der Waals surface area contributed by atoms with Crippen molar-refractivity contribution in [2.24, 2.45) is 11.7 Å². The van der Waals surface area contributed by atoms with Gasteiger partial charge in [-0.15, -0.1) is 0 Å². The zero-order chi connectivity index (χ0) is 9.68. The fraction of sp³-hybridized carbons (Fsp3) is 0.900. The van der Waals surface area contributed by atoms with E-state index in [0.717, 1.165) is 32.2 Å².